The van der Waals surface area contributed by atoms with Crippen molar-refractivity contribution in [1.82, 2.24) is 18.9 Å². The normalized spacial score (nSPS) is 19.5. The molecule has 128 valence electrons. The van der Waals surface area contributed by atoms with Gasteiger partial charge in [-0.05, 0) is 38.5 Å². The summed E-state index contributed by atoms with van der Waals surface area (Å²) >= 11 is 1.54. The van der Waals surface area contributed by atoms with E-state index in [-0.39, 0.29) is 5.56 Å². The first-order valence-electron chi connectivity index (χ1n) is 8.80. The molecule has 1 saturated carbocycles. The largest absolute Gasteiger partial charge is 0.347 e. The summed E-state index contributed by atoms with van der Waals surface area (Å²) < 4.78 is 6.32. The van der Waals surface area contributed by atoms with E-state index in [1.165, 1.54) is 19.3 Å². The summed E-state index contributed by atoms with van der Waals surface area (Å²) in [4.78, 5) is 23.4. The van der Waals surface area contributed by atoms with Crippen LogP contribution in [0.3, 0.4) is 0 Å². The van der Waals surface area contributed by atoms with Crippen molar-refractivity contribution in [3.63, 3.8) is 0 Å². The van der Waals surface area contributed by atoms with E-state index < -0.39 is 0 Å². The van der Waals surface area contributed by atoms with Crippen LogP contribution in [0.1, 0.15) is 49.4 Å². The fourth-order valence-electron chi connectivity index (χ4n) is 3.46. The SMILES string of the molecule is Cc1cncn(CC2CCN(c3nc(C4CCC4)ns3)CC2)c1=O. The van der Waals surface area contributed by atoms with Gasteiger partial charge in [-0.1, -0.05) is 6.42 Å². The number of piperidine rings is 1. The van der Waals surface area contributed by atoms with Crippen LogP contribution < -0.4 is 10.5 Å². The lowest BCUT2D eigenvalue weighted by molar-refractivity contribution is 0.350. The van der Waals surface area contributed by atoms with Gasteiger partial charge in [0.15, 0.2) is 0 Å². The van der Waals surface area contributed by atoms with E-state index in [1.807, 2.05) is 6.92 Å². The van der Waals surface area contributed by atoms with E-state index in [9.17, 15) is 4.79 Å². The third-order valence-corrected chi connectivity index (χ3v) is 6.10. The lowest BCUT2D eigenvalue weighted by Gasteiger charge is -2.31. The van der Waals surface area contributed by atoms with Gasteiger partial charge in [0.2, 0.25) is 5.13 Å². The molecule has 0 spiro atoms. The van der Waals surface area contributed by atoms with E-state index in [1.54, 1.807) is 28.6 Å². The first-order chi connectivity index (χ1) is 11.7. The van der Waals surface area contributed by atoms with Crippen molar-refractivity contribution >= 4 is 16.7 Å². The van der Waals surface area contributed by atoms with Gasteiger partial charge in [0.1, 0.15) is 5.82 Å². The van der Waals surface area contributed by atoms with E-state index in [4.69, 9.17) is 4.98 Å². The van der Waals surface area contributed by atoms with Crippen molar-refractivity contribution in [3.8, 4) is 0 Å². The molecule has 2 aliphatic rings. The minimum atomic E-state index is 0.0849. The minimum Gasteiger partial charge on any atom is -0.347 e. The van der Waals surface area contributed by atoms with Gasteiger partial charge in [-0.2, -0.15) is 4.37 Å². The molecule has 7 heteroatoms. The molecule has 6 nitrogen and oxygen atoms in total. The summed E-state index contributed by atoms with van der Waals surface area (Å²) in [6.07, 6.45) is 9.28. The third-order valence-electron chi connectivity index (χ3n) is 5.31. The van der Waals surface area contributed by atoms with Gasteiger partial charge >= 0.3 is 0 Å². The Morgan fingerprint density at radius 1 is 1.25 bits per heavy atom. The molecule has 0 atom stereocenters. The molecule has 4 rings (SSSR count). The van der Waals surface area contributed by atoms with Crippen LogP contribution in [-0.4, -0.2) is 32.0 Å². The molecule has 1 aliphatic heterocycles. The number of anilines is 1. The predicted molar refractivity (Wildman–Crippen MR) is 94.7 cm³/mol. The van der Waals surface area contributed by atoms with E-state index >= 15 is 0 Å². The van der Waals surface area contributed by atoms with E-state index in [2.05, 4.69) is 14.3 Å². The van der Waals surface area contributed by atoms with Crippen molar-refractivity contribution in [1.29, 1.82) is 0 Å². The Balaban J connectivity index is 1.35. The van der Waals surface area contributed by atoms with Crippen LogP contribution in [-0.2, 0) is 6.54 Å². The average Bonchev–Trinajstić information content (AvgIpc) is 3.00. The summed E-state index contributed by atoms with van der Waals surface area (Å²) in [5, 5.41) is 1.07. The standard InChI is InChI=1S/C17H23N5OS/c1-12-9-18-11-22(16(12)23)10-13-5-7-21(8-6-13)17-19-15(20-24-17)14-3-2-4-14/h9,11,13-14H,2-8,10H2,1H3. The molecule has 0 aromatic carbocycles. The van der Waals surface area contributed by atoms with Gasteiger partial charge in [0.05, 0.1) is 6.33 Å². The first kappa shape index (κ1) is 15.7. The molecule has 0 bridgehead atoms. The maximum Gasteiger partial charge on any atom is 0.256 e. The number of rotatable bonds is 4. The van der Waals surface area contributed by atoms with Gasteiger partial charge in [0, 0.05) is 48.8 Å². The zero-order valence-electron chi connectivity index (χ0n) is 14.0. The zero-order valence-corrected chi connectivity index (χ0v) is 14.8. The fraction of sp³-hybridized carbons (Fsp3) is 0.647. The Kier molecular flexibility index (Phi) is 4.35. The Bertz CT molecular complexity index is 758. The Morgan fingerprint density at radius 3 is 2.75 bits per heavy atom. The second kappa shape index (κ2) is 6.63. The molecule has 0 amide bonds. The zero-order chi connectivity index (χ0) is 16.5. The molecule has 3 heterocycles. The van der Waals surface area contributed by atoms with E-state index in [0.29, 0.717) is 17.4 Å². The summed E-state index contributed by atoms with van der Waals surface area (Å²) in [5.74, 6) is 2.19. The second-order valence-electron chi connectivity index (χ2n) is 7.03. The molecular weight excluding hydrogens is 322 g/mol. The molecule has 0 N–H and O–H groups in total. The summed E-state index contributed by atoms with van der Waals surface area (Å²) in [5.41, 5.74) is 0.800. The van der Waals surface area contributed by atoms with Crippen molar-refractivity contribution in [3.05, 3.63) is 34.3 Å². The first-order valence-corrected chi connectivity index (χ1v) is 9.57. The lowest BCUT2D eigenvalue weighted by atomic mass is 9.85. The number of hydrogen-bond acceptors (Lipinski definition) is 6. The molecule has 2 aromatic heterocycles. The van der Waals surface area contributed by atoms with Crippen LogP contribution in [0.4, 0.5) is 5.13 Å². The number of nitrogens with zero attached hydrogens (tertiary/aromatic N) is 5. The fourth-order valence-corrected chi connectivity index (χ4v) is 4.26. The lowest BCUT2D eigenvalue weighted by Crippen LogP contribution is -2.36. The minimum absolute atomic E-state index is 0.0849. The monoisotopic (exact) mass is 345 g/mol. The maximum absolute atomic E-state index is 12.1. The molecular formula is C17H23N5OS. The van der Waals surface area contributed by atoms with Crippen molar-refractivity contribution in [2.45, 2.75) is 51.5 Å². The number of aryl methyl sites for hydroxylation is 1. The van der Waals surface area contributed by atoms with Gasteiger partial charge < -0.3 is 4.90 Å². The molecule has 24 heavy (non-hydrogen) atoms. The summed E-state index contributed by atoms with van der Waals surface area (Å²) in [6.45, 7) is 4.59. The Morgan fingerprint density at radius 2 is 2.04 bits per heavy atom. The quantitative estimate of drug-likeness (QED) is 0.852. The highest BCUT2D eigenvalue weighted by Crippen LogP contribution is 2.36. The molecule has 1 aliphatic carbocycles. The highest BCUT2D eigenvalue weighted by Gasteiger charge is 2.26. The van der Waals surface area contributed by atoms with Gasteiger partial charge in [-0.15, -0.1) is 0 Å². The van der Waals surface area contributed by atoms with Crippen molar-refractivity contribution < 1.29 is 0 Å². The van der Waals surface area contributed by atoms with Gasteiger partial charge in [0.25, 0.3) is 5.56 Å². The molecule has 2 aromatic rings. The smallest absolute Gasteiger partial charge is 0.256 e. The predicted octanol–water partition coefficient (Wildman–Crippen LogP) is 2.59. The molecule has 0 radical (unpaired) electrons. The van der Waals surface area contributed by atoms with Crippen LogP contribution in [0.2, 0.25) is 0 Å². The number of hydrogen-bond donors (Lipinski definition) is 0. The molecule has 2 fully saturated rings. The maximum atomic E-state index is 12.1. The Labute approximate surface area is 145 Å². The van der Waals surface area contributed by atoms with Crippen LogP contribution in [0, 0.1) is 12.8 Å². The number of aromatic nitrogens is 4. The second-order valence-corrected chi connectivity index (χ2v) is 7.76. The highest BCUT2D eigenvalue weighted by atomic mass is 32.1. The summed E-state index contributed by atoms with van der Waals surface area (Å²) in [6, 6.07) is 0. The average molecular weight is 345 g/mol. The van der Waals surface area contributed by atoms with Gasteiger partial charge in [-0.25, -0.2) is 9.97 Å². The topological polar surface area (TPSA) is 63.9 Å². The van der Waals surface area contributed by atoms with Crippen LogP contribution in [0.25, 0.3) is 0 Å². The highest BCUT2D eigenvalue weighted by molar-refractivity contribution is 7.09. The van der Waals surface area contributed by atoms with Gasteiger partial charge in [-0.3, -0.25) is 9.36 Å². The van der Waals surface area contributed by atoms with Crippen molar-refractivity contribution in [2.24, 2.45) is 5.92 Å². The summed E-state index contributed by atoms with van der Waals surface area (Å²) in [7, 11) is 0. The van der Waals surface area contributed by atoms with Crippen molar-refractivity contribution in [2.75, 3.05) is 18.0 Å². The Hall–Kier alpha value is -1.76. The van der Waals surface area contributed by atoms with Crippen LogP contribution in [0.15, 0.2) is 17.3 Å². The molecule has 0 unspecified atom stereocenters. The third kappa shape index (κ3) is 3.09. The molecule has 1 saturated heterocycles. The van der Waals surface area contributed by atoms with Crippen LogP contribution in [0.5, 0.6) is 0 Å². The van der Waals surface area contributed by atoms with Crippen LogP contribution >= 0.6 is 11.5 Å². The van der Waals surface area contributed by atoms with E-state index in [0.717, 1.165) is 43.4 Å².